The van der Waals surface area contributed by atoms with E-state index in [1.54, 1.807) is 10.7 Å². The highest BCUT2D eigenvalue weighted by atomic mass is 35.5. The van der Waals surface area contributed by atoms with E-state index in [-0.39, 0.29) is 0 Å². The maximum Gasteiger partial charge on any atom is 0.164 e. The number of aromatic nitrogens is 3. The number of nitrogens with zero attached hydrogens (tertiary/aromatic N) is 3. The van der Waals surface area contributed by atoms with Gasteiger partial charge in [-0.3, -0.25) is 0 Å². The summed E-state index contributed by atoms with van der Waals surface area (Å²) in [6, 6.07) is 7.29. The molecule has 0 aliphatic rings. The first kappa shape index (κ1) is 11.0. The third kappa shape index (κ3) is 2.52. The van der Waals surface area contributed by atoms with E-state index in [1.165, 1.54) is 6.33 Å². The minimum absolute atomic E-state index is 0.397. The zero-order valence-corrected chi connectivity index (χ0v) is 9.68. The molecule has 2 rings (SSSR count). The molecule has 0 amide bonds. The first-order valence-corrected chi connectivity index (χ1v) is 5.42. The summed E-state index contributed by atoms with van der Waals surface area (Å²) in [6.45, 7) is 3.19. The number of halogens is 1. The van der Waals surface area contributed by atoms with Gasteiger partial charge in [-0.2, -0.15) is 5.10 Å². The Balaban J connectivity index is 2.02. The van der Waals surface area contributed by atoms with Crippen molar-refractivity contribution in [3.05, 3.63) is 41.4 Å². The van der Waals surface area contributed by atoms with Gasteiger partial charge in [-0.1, -0.05) is 17.7 Å². The summed E-state index contributed by atoms with van der Waals surface area (Å²) in [5.41, 5.74) is 0. The van der Waals surface area contributed by atoms with Gasteiger partial charge in [-0.15, -0.1) is 0 Å². The Hall–Kier alpha value is -1.55. The lowest BCUT2D eigenvalue weighted by molar-refractivity contribution is 0.287. The quantitative estimate of drug-likeness (QED) is 0.821. The Labute approximate surface area is 98.8 Å². The van der Waals surface area contributed by atoms with E-state index in [4.69, 9.17) is 16.3 Å². The van der Waals surface area contributed by atoms with E-state index >= 15 is 0 Å². The normalized spacial score (nSPS) is 10.4. The van der Waals surface area contributed by atoms with Crippen LogP contribution in [0.15, 0.2) is 30.6 Å². The monoisotopic (exact) mass is 237 g/mol. The van der Waals surface area contributed by atoms with Crippen LogP contribution in [0.1, 0.15) is 12.7 Å². The van der Waals surface area contributed by atoms with Gasteiger partial charge in [-0.05, 0) is 25.1 Å². The molecule has 0 aliphatic carbocycles. The largest absolute Gasteiger partial charge is 0.486 e. The molecule has 0 aliphatic heterocycles. The Morgan fingerprint density at radius 1 is 1.44 bits per heavy atom. The molecule has 0 atom stereocenters. The summed E-state index contributed by atoms with van der Waals surface area (Å²) in [5.74, 6) is 1.54. The molecule has 0 saturated carbocycles. The Kier molecular flexibility index (Phi) is 3.41. The number of rotatable bonds is 4. The first-order chi connectivity index (χ1) is 7.79. The van der Waals surface area contributed by atoms with Crippen molar-refractivity contribution >= 4 is 11.6 Å². The second-order valence-corrected chi connectivity index (χ2v) is 3.67. The van der Waals surface area contributed by atoms with E-state index in [2.05, 4.69) is 10.1 Å². The molecule has 0 spiro atoms. The lowest BCUT2D eigenvalue weighted by atomic mass is 10.3. The number of hydrogen-bond acceptors (Lipinski definition) is 3. The molecule has 1 aromatic heterocycles. The van der Waals surface area contributed by atoms with Gasteiger partial charge in [0.1, 0.15) is 18.7 Å². The van der Waals surface area contributed by atoms with Gasteiger partial charge in [0.05, 0.1) is 0 Å². The molecule has 0 radical (unpaired) electrons. The van der Waals surface area contributed by atoms with E-state index < -0.39 is 0 Å². The van der Waals surface area contributed by atoms with Crippen LogP contribution in [0.3, 0.4) is 0 Å². The van der Waals surface area contributed by atoms with Crippen LogP contribution >= 0.6 is 11.6 Å². The predicted molar refractivity (Wildman–Crippen MR) is 61.5 cm³/mol. The van der Waals surface area contributed by atoms with Gasteiger partial charge in [0.25, 0.3) is 0 Å². The third-order valence-corrected chi connectivity index (χ3v) is 2.39. The van der Waals surface area contributed by atoms with Crippen LogP contribution in [0.25, 0.3) is 0 Å². The summed E-state index contributed by atoms with van der Waals surface area (Å²) in [4.78, 5) is 4.12. The predicted octanol–water partition coefficient (Wildman–Crippen LogP) is 2.53. The van der Waals surface area contributed by atoms with Gasteiger partial charge in [0.15, 0.2) is 5.82 Å². The molecular formula is C11H12ClN3O. The first-order valence-electron chi connectivity index (χ1n) is 5.04. The molecule has 1 heterocycles. The summed E-state index contributed by atoms with van der Waals surface area (Å²) in [6.07, 6.45) is 1.53. The van der Waals surface area contributed by atoms with E-state index in [0.29, 0.717) is 11.6 Å². The van der Waals surface area contributed by atoms with E-state index in [1.807, 2.05) is 25.1 Å². The second-order valence-electron chi connectivity index (χ2n) is 3.24. The van der Waals surface area contributed by atoms with Crippen molar-refractivity contribution in [2.24, 2.45) is 0 Å². The summed E-state index contributed by atoms with van der Waals surface area (Å²) < 4.78 is 7.36. The molecular weight excluding hydrogens is 226 g/mol. The molecule has 0 bridgehead atoms. The average Bonchev–Trinajstić information content (AvgIpc) is 2.74. The van der Waals surface area contributed by atoms with Gasteiger partial charge in [0.2, 0.25) is 0 Å². The van der Waals surface area contributed by atoms with Crippen molar-refractivity contribution in [2.45, 2.75) is 20.1 Å². The zero-order valence-electron chi connectivity index (χ0n) is 8.93. The maximum absolute atomic E-state index is 5.85. The van der Waals surface area contributed by atoms with Crippen LogP contribution in [0.2, 0.25) is 5.02 Å². The highest BCUT2D eigenvalue weighted by Crippen LogP contribution is 2.17. The SMILES string of the molecule is CCn1ncnc1COc1cccc(Cl)c1. The van der Waals surface area contributed by atoms with E-state index in [0.717, 1.165) is 18.1 Å². The van der Waals surface area contributed by atoms with Crippen molar-refractivity contribution in [1.82, 2.24) is 14.8 Å². The fraction of sp³-hybridized carbons (Fsp3) is 0.273. The minimum Gasteiger partial charge on any atom is -0.486 e. The van der Waals surface area contributed by atoms with Crippen LogP contribution in [-0.4, -0.2) is 14.8 Å². The standard InChI is InChI=1S/C11H12ClN3O/c1-2-15-11(13-8-14-15)7-16-10-5-3-4-9(12)6-10/h3-6,8H,2,7H2,1H3. The van der Waals surface area contributed by atoms with Gasteiger partial charge in [0, 0.05) is 11.6 Å². The summed E-state index contributed by atoms with van der Waals surface area (Å²) in [5, 5.41) is 4.73. The van der Waals surface area contributed by atoms with Crippen LogP contribution in [0.5, 0.6) is 5.75 Å². The molecule has 0 saturated heterocycles. The molecule has 5 heteroatoms. The molecule has 0 N–H and O–H groups in total. The van der Waals surface area contributed by atoms with Crippen molar-refractivity contribution < 1.29 is 4.74 Å². The molecule has 0 fully saturated rings. The smallest absolute Gasteiger partial charge is 0.164 e. The topological polar surface area (TPSA) is 39.9 Å². The molecule has 4 nitrogen and oxygen atoms in total. The zero-order chi connectivity index (χ0) is 11.4. The highest BCUT2D eigenvalue weighted by Gasteiger charge is 2.03. The Morgan fingerprint density at radius 3 is 3.06 bits per heavy atom. The molecule has 84 valence electrons. The fourth-order valence-electron chi connectivity index (χ4n) is 1.37. The van der Waals surface area contributed by atoms with Crippen molar-refractivity contribution in [3.63, 3.8) is 0 Å². The van der Waals surface area contributed by atoms with Crippen LogP contribution in [-0.2, 0) is 13.2 Å². The highest BCUT2D eigenvalue weighted by molar-refractivity contribution is 6.30. The van der Waals surface area contributed by atoms with Gasteiger partial charge in [-0.25, -0.2) is 9.67 Å². The van der Waals surface area contributed by atoms with Gasteiger partial charge >= 0.3 is 0 Å². The Morgan fingerprint density at radius 2 is 2.31 bits per heavy atom. The number of ether oxygens (including phenoxy) is 1. The summed E-state index contributed by atoms with van der Waals surface area (Å²) in [7, 11) is 0. The lowest BCUT2D eigenvalue weighted by Crippen LogP contribution is -2.07. The lowest BCUT2D eigenvalue weighted by Gasteiger charge is -2.06. The number of benzene rings is 1. The van der Waals surface area contributed by atoms with E-state index in [9.17, 15) is 0 Å². The van der Waals surface area contributed by atoms with Crippen LogP contribution in [0.4, 0.5) is 0 Å². The van der Waals surface area contributed by atoms with Crippen molar-refractivity contribution in [3.8, 4) is 5.75 Å². The number of hydrogen-bond donors (Lipinski definition) is 0. The maximum atomic E-state index is 5.85. The number of aryl methyl sites for hydroxylation is 1. The second kappa shape index (κ2) is 4.99. The van der Waals surface area contributed by atoms with Crippen molar-refractivity contribution in [1.29, 1.82) is 0 Å². The van der Waals surface area contributed by atoms with Crippen LogP contribution in [0, 0.1) is 0 Å². The molecule has 1 aromatic carbocycles. The molecule has 0 unspecified atom stereocenters. The molecule has 2 aromatic rings. The fourth-order valence-corrected chi connectivity index (χ4v) is 1.55. The minimum atomic E-state index is 0.397. The van der Waals surface area contributed by atoms with Crippen LogP contribution < -0.4 is 4.74 Å². The summed E-state index contributed by atoms with van der Waals surface area (Å²) >= 11 is 5.85. The third-order valence-electron chi connectivity index (χ3n) is 2.16. The average molecular weight is 238 g/mol. The van der Waals surface area contributed by atoms with Gasteiger partial charge < -0.3 is 4.74 Å². The Bertz CT molecular complexity index is 470. The van der Waals surface area contributed by atoms with Crippen molar-refractivity contribution in [2.75, 3.05) is 0 Å². The molecule has 16 heavy (non-hydrogen) atoms.